The zero-order valence-corrected chi connectivity index (χ0v) is 24.2. The maximum atomic E-state index is 14.2. The normalized spacial score (nSPS) is 22.8. The lowest BCUT2D eigenvalue weighted by atomic mass is 9.70. The van der Waals surface area contributed by atoms with E-state index in [1.165, 1.54) is 17.4 Å². The standard InChI is InChI=1S/C31H31N7O4S/c1-3-21(39)37-19-7-6-8-20(19)38-30(41)28-25-24-17(10-12-18(32)27(24)43-28)31(34,29(40)26(25)33)16-11-13-23(36-15(16)2)42-22-9-4-5-14-35-22/h3-5,9-14,19-20,26H,1,6-8,32-34H2,2H3,(H,37,39)(H,38,41)/t19-,20+,26?,31?/m0/s1. The number of pyridine rings is 2. The Morgan fingerprint density at radius 1 is 1.09 bits per heavy atom. The second-order valence-corrected chi connectivity index (χ2v) is 11.8. The summed E-state index contributed by atoms with van der Waals surface area (Å²) in [6, 6.07) is 10.3. The van der Waals surface area contributed by atoms with Gasteiger partial charge in [-0.15, -0.1) is 11.3 Å². The summed E-state index contributed by atoms with van der Waals surface area (Å²) in [6.45, 7) is 5.25. The van der Waals surface area contributed by atoms with Gasteiger partial charge in [-0.05, 0) is 56.0 Å². The van der Waals surface area contributed by atoms with E-state index >= 15 is 0 Å². The van der Waals surface area contributed by atoms with Gasteiger partial charge in [0, 0.05) is 58.3 Å². The van der Waals surface area contributed by atoms with Gasteiger partial charge in [-0.3, -0.25) is 14.4 Å². The maximum absolute atomic E-state index is 14.2. The van der Waals surface area contributed by atoms with Crippen molar-refractivity contribution in [3.63, 3.8) is 0 Å². The summed E-state index contributed by atoms with van der Waals surface area (Å²) in [5, 5.41) is 6.53. The average molecular weight is 598 g/mol. The van der Waals surface area contributed by atoms with Crippen molar-refractivity contribution in [2.45, 2.75) is 49.9 Å². The number of ketones is 1. The highest BCUT2D eigenvalue weighted by molar-refractivity contribution is 7.21. The van der Waals surface area contributed by atoms with Gasteiger partial charge in [0.15, 0.2) is 5.78 Å². The van der Waals surface area contributed by atoms with Crippen molar-refractivity contribution in [1.82, 2.24) is 20.6 Å². The number of hydrogen-bond acceptors (Lipinski definition) is 10. The van der Waals surface area contributed by atoms with Gasteiger partial charge >= 0.3 is 0 Å². The molecule has 0 spiro atoms. The molecule has 11 nitrogen and oxygen atoms in total. The van der Waals surface area contributed by atoms with E-state index in [1.807, 2.05) is 0 Å². The molecule has 4 atom stereocenters. The summed E-state index contributed by atoms with van der Waals surface area (Å²) in [4.78, 5) is 48.8. The molecule has 12 heteroatoms. The highest BCUT2D eigenvalue weighted by Gasteiger charge is 2.49. The van der Waals surface area contributed by atoms with Crippen LogP contribution in [0.5, 0.6) is 11.8 Å². The summed E-state index contributed by atoms with van der Waals surface area (Å²) in [5.41, 5.74) is 20.7. The van der Waals surface area contributed by atoms with E-state index in [0.717, 1.165) is 12.8 Å². The SMILES string of the molecule is C=CC(=O)N[C@H]1CCC[C@H]1NC(=O)c1sc2c(N)ccc3c2c1C(N)C(=O)C3(N)c1ccc(Oc2ccccn2)nc1C. The molecule has 220 valence electrons. The van der Waals surface area contributed by atoms with Crippen LogP contribution in [-0.2, 0) is 15.1 Å². The summed E-state index contributed by atoms with van der Waals surface area (Å²) in [5.74, 6) is -0.482. The number of benzene rings is 1. The van der Waals surface area contributed by atoms with Crippen LogP contribution in [0.15, 0.2) is 61.3 Å². The molecule has 0 bridgehead atoms. The third-order valence-corrected chi connectivity index (χ3v) is 9.45. The first-order valence-electron chi connectivity index (χ1n) is 13.9. The fraction of sp³-hybridized carbons (Fsp3) is 0.258. The smallest absolute Gasteiger partial charge is 0.262 e. The van der Waals surface area contributed by atoms with E-state index in [4.69, 9.17) is 21.9 Å². The highest BCUT2D eigenvalue weighted by atomic mass is 32.1. The number of aryl methyl sites for hydroxylation is 1. The van der Waals surface area contributed by atoms with Crippen molar-refractivity contribution in [3.05, 3.63) is 88.6 Å². The lowest BCUT2D eigenvalue weighted by Crippen LogP contribution is -2.53. The van der Waals surface area contributed by atoms with Crippen LogP contribution in [-0.4, -0.2) is 39.6 Å². The van der Waals surface area contributed by atoms with Gasteiger partial charge < -0.3 is 32.6 Å². The lowest BCUT2D eigenvalue weighted by Gasteiger charge is -2.37. The second kappa shape index (κ2) is 10.9. The molecule has 3 aromatic heterocycles. The predicted molar refractivity (Wildman–Crippen MR) is 164 cm³/mol. The van der Waals surface area contributed by atoms with Gasteiger partial charge in [-0.1, -0.05) is 18.7 Å². The summed E-state index contributed by atoms with van der Waals surface area (Å²) in [6.07, 6.45) is 5.09. The molecule has 6 rings (SSSR count). The molecule has 3 heterocycles. The molecule has 0 saturated heterocycles. The largest absolute Gasteiger partial charge is 0.421 e. The van der Waals surface area contributed by atoms with E-state index in [1.54, 1.807) is 55.6 Å². The topological polar surface area (TPSA) is 188 Å². The number of hydrogen-bond donors (Lipinski definition) is 5. The molecule has 1 aromatic carbocycles. The van der Waals surface area contributed by atoms with Crippen molar-refractivity contribution in [1.29, 1.82) is 0 Å². The first kappa shape index (κ1) is 28.5. The molecule has 8 N–H and O–H groups in total. The van der Waals surface area contributed by atoms with Crippen LogP contribution >= 0.6 is 11.3 Å². The Hall–Kier alpha value is -4.65. The number of carbonyl (C=O) groups excluding carboxylic acids is 3. The molecule has 0 aliphatic heterocycles. The molecule has 43 heavy (non-hydrogen) atoms. The lowest BCUT2D eigenvalue weighted by molar-refractivity contribution is -0.124. The number of anilines is 1. The van der Waals surface area contributed by atoms with Crippen molar-refractivity contribution < 1.29 is 19.1 Å². The number of carbonyl (C=O) groups is 3. The fourth-order valence-electron chi connectivity index (χ4n) is 6.14. The summed E-state index contributed by atoms with van der Waals surface area (Å²) >= 11 is 1.18. The Balaban J connectivity index is 1.40. The minimum absolute atomic E-state index is 0.229. The Morgan fingerprint density at radius 3 is 2.53 bits per heavy atom. The molecule has 2 amide bonds. The average Bonchev–Trinajstić information content (AvgIpc) is 3.61. The van der Waals surface area contributed by atoms with Gasteiger partial charge in [0.1, 0.15) is 5.54 Å². The van der Waals surface area contributed by atoms with Gasteiger partial charge in [0.05, 0.1) is 15.6 Å². The Bertz CT molecular complexity index is 1790. The molecule has 1 saturated carbocycles. The first-order valence-corrected chi connectivity index (χ1v) is 14.7. The number of Topliss-reactive ketones (excluding diaryl/α,β-unsaturated/α-hetero) is 1. The minimum atomic E-state index is -1.65. The fourth-order valence-corrected chi connectivity index (χ4v) is 7.34. The number of thiophene rings is 1. The molecule has 2 unspecified atom stereocenters. The molecule has 2 aliphatic carbocycles. The Kier molecular flexibility index (Phi) is 7.20. The van der Waals surface area contributed by atoms with E-state index < -0.39 is 17.4 Å². The predicted octanol–water partition coefficient (Wildman–Crippen LogP) is 3.11. The van der Waals surface area contributed by atoms with Crippen LogP contribution in [0, 0.1) is 6.92 Å². The van der Waals surface area contributed by atoms with Gasteiger partial charge in [-0.25, -0.2) is 9.97 Å². The molecule has 0 radical (unpaired) electrons. The van der Waals surface area contributed by atoms with Crippen LogP contribution in [0.1, 0.15) is 57.4 Å². The number of nitrogens with zero attached hydrogens (tertiary/aromatic N) is 2. The van der Waals surface area contributed by atoms with Crippen LogP contribution in [0.2, 0.25) is 0 Å². The first-order chi connectivity index (χ1) is 20.6. The molecule has 2 aliphatic rings. The monoisotopic (exact) mass is 597 g/mol. The van der Waals surface area contributed by atoms with Crippen LogP contribution in [0.3, 0.4) is 0 Å². The Labute approximate surface area is 251 Å². The van der Waals surface area contributed by atoms with E-state index in [0.29, 0.717) is 61.2 Å². The molecule has 4 aromatic rings. The maximum Gasteiger partial charge on any atom is 0.262 e. The highest BCUT2D eigenvalue weighted by Crippen LogP contribution is 2.50. The second-order valence-electron chi connectivity index (χ2n) is 10.8. The van der Waals surface area contributed by atoms with Crippen LogP contribution < -0.4 is 32.6 Å². The number of nitrogens with two attached hydrogens (primary N) is 3. The number of nitrogen functional groups attached to an aromatic ring is 1. The quantitative estimate of drug-likeness (QED) is 0.157. The number of nitrogens with one attached hydrogen (secondary N) is 2. The van der Waals surface area contributed by atoms with Crippen LogP contribution in [0.25, 0.3) is 10.1 Å². The zero-order chi connectivity index (χ0) is 30.5. The van der Waals surface area contributed by atoms with E-state index in [-0.39, 0.29) is 23.9 Å². The number of amides is 2. The van der Waals surface area contributed by atoms with E-state index in [2.05, 4.69) is 27.2 Å². The number of rotatable bonds is 7. The number of ether oxygens (including phenoxy) is 1. The Morgan fingerprint density at radius 2 is 1.84 bits per heavy atom. The van der Waals surface area contributed by atoms with Crippen molar-refractivity contribution in [2.24, 2.45) is 11.5 Å². The third-order valence-electron chi connectivity index (χ3n) is 8.20. The molecular weight excluding hydrogens is 566 g/mol. The van der Waals surface area contributed by atoms with Gasteiger partial charge in [0.2, 0.25) is 17.7 Å². The van der Waals surface area contributed by atoms with Crippen molar-refractivity contribution in [2.75, 3.05) is 5.73 Å². The van der Waals surface area contributed by atoms with Crippen LogP contribution in [0.4, 0.5) is 5.69 Å². The molecule has 1 fully saturated rings. The number of aromatic nitrogens is 2. The zero-order valence-electron chi connectivity index (χ0n) is 23.4. The van der Waals surface area contributed by atoms with Crippen molar-refractivity contribution in [3.8, 4) is 11.8 Å². The summed E-state index contributed by atoms with van der Waals surface area (Å²) < 4.78 is 6.40. The van der Waals surface area contributed by atoms with Gasteiger partial charge in [0.25, 0.3) is 5.91 Å². The minimum Gasteiger partial charge on any atom is -0.421 e. The third kappa shape index (κ3) is 4.73. The summed E-state index contributed by atoms with van der Waals surface area (Å²) in [7, 11) is 0. The van der Waals surface area contributed by atoms with E-state index in [9.17, 15) is 14.4 Å². The molecular formula is C31H31N7O4S. The van der Waals surface area contributed by atoms with Crippen molar-refractivity contribution >= 4 is 44.7 Å². The van der Waals surface area contributed by atoms with Gasteiger partial charge in [-0.2, -0.15) is 0 Å².